The van der Waals surface area contributed by atoms with Crippen molar-refractivity contribution in [3.63, 3.8) is 0 Å². The summed E-state index contributed by atoms with van der Waals surface area (Å²) in [4.78, 5) is 33.0. The summed E-state index contributed by atoms with van der Waals surface area (Å²) in [6, 6.07) is 22.4. The minimum atomic E-state index is -1.82. The molecule has 36 heavy (non-hydrogen) atoms. The molecule has 2 aliphatic heterocycles. The number of likely N-dealkylation sites (tertiary alicyclic amines) is 1. The van der Waals surface area contributed by atoms with Gasteiger partial charge < -0.3 is 24.4 Å². The van der Waals surface area contributed by atoms with E-state index in [-0.39, 0.29) is 11.9 Å². The first-order chi connectivity index (χ1) is 17.4. The van der Waals surface area contributed by atoms with Gasteiger partial charge in [-0.25, -0.2) is 9.59 Å². The van der Waals surface area contributed by atoms with Gasteiger partial charge in [0.2, 0.25) is 0 Å². The molecule has 0 radical (unpaired) electrons. The van der Waals surface area contributed by atoms with Gasteiger partial charge in [-0.15, -0.1) is 0 Å². The van der Waals surface area contributed by atoms with E-state index in [9.17, 15) is 4.79 Å². The highest BCUT2D eigenvalue weighted by Gasteiger charge is 2.33. The van der Waals surface area contributed by atoms with Gasteiger partial charge in [0.25, 0.3) is 0 Å². The lowest BCUT2D eigenvalue weighted by Crippen LogP contribution is -2.38. The summed E-state index contributed by atoms with van der Waals surface area (Å²) in [5.74, 6) is -1.91. The number of rotatable bonds is 5. The number of carbonyl (C=O) groups excluding carboxylic acids is 1. The Labute approximate surface area is 209 Å². The molecule has 3 aromatic rings. The van der Waals surface area contributed by atoms with Crippen molar-refractivity contribution in [3.8, 4) is 5.75 Å². The van der Waals surface area contributed by atoms with Crippen LogP contribution in [0.15, 0.2) is 72.9 Å². The van der Waals surface area contributed by atoms with Crippen molar-refractivity contribution in [3.05, 3.63) is 89.7 Å². The van der Waals surface area contributed by atoms with Crippen LogP contribution in [0, 0.1) is 5.92 Å². The third kappa shape index (κ3) is 6.20. The lowest BCUT2D eigenvalue weighted by molar-refractivity contribution is -0.159. The van der Waals surface area contributed by atoms with Crippen LogP contribution in [-0.2, 0) is 16.1 Å². The molecule has 0 aliphatic carbocycles. The Morgan fingerprint density at radius 3 is 2.22 bits per heavy atom. The molecule has 2 aliphatic rings. The summed E-state index contributed by atoms with van der Waals surface area (Å²) in [5, 5.41) is 14.8. The van der Waals surface area contributed by atoms with Gasteiger partial charge in [0.1, 0.15) is 11.9 Å². The van der Waals surface area contributed by atoms with Crippen LogP contribution in [0.5, 0.6) is 5.75 Å². The van der Waals surface area contributed by atoms with Gasteiger partial charge in [0, 0.05) is 36.2 Å². The van der Waals surface area contributed by atoms with Gasteiger partial charge >= 0.3 is 11.9 Å². The van der Waals surface area contributed by atoms with E-state index in [4.69, 9.17) is 24.5 Å². The number of piperidine rings is 1. The largest absolute Gasteiger partial charge is 0.484 e. The topological polar surface area (TPSA) is 109 Å². The maximum Gasteiger partial charge on any atom is 0.414 e. The molecule has 1 unspecified atom stereocenters. The van der Waals surface area contributed by atoms with Crippen molar-refractivity contribution in [2.24, 2.45) is 5.92 Å². The second-order valence-corrected chi connectivity index (χ2v) is 9.04. The Kier molecular flexibility index (Phi) is 8.17. The number of fused-ring (bicyclic) bond motifs is 2. The number of ketones is 1. The normalized spacial score (nSPS) is 17.4. The zero-order valence-corrected chi connectivity index (χ0v) is 20.0. The van der Waals surface area contributed by atoms with E-state index in [0.717, 1.165) is 50.3 Å². The Bertz CT molecular complexity index is 1190. The zero-order valence-electron chi connectivity index (χ0n) is 20.0. The van der Waals surface area contributed by atoms with Gasteiger partial charge in [-0.05, 0) is 44.1 Å². The van der Waals surface area contributed by atoms with Gasteiger partial charge in [-0.2, -0.15) is 0 Å². The molecule has 0 bridgehead atoms. The first kappa shape index (κ1) is 25.2. The number of para-hydroxylation sites is 1. The van der Waals surface area contributed by atoms with Crippen molar-refractivity contribution in [2.75, 3.05) is 19.6 Å². The first-order valence-corrected chi connectivity index (χ1v) is 12.1. The summed E-state index contributed by atoms with van der Waals surface area (Å²) in [6.07, 6.45) is 5.04. The summed E-state index contributed by atoms with van der Waals surface area (Å²) in [7, 11) is 0. The first-order valence-electron chi connectivity index (χ1n) is 12.1. The molecule has 8 heteroatoms. The Morgan fingerprint density at radius 2 is 1.53 bits per heavy atom. The van der Waals surface area contributed by atoms with E-state index >= 15 is 0 Å². The van der Waals surface area contributed by atoms with Crippen LogP contribution in [0.1, 0.15) is 47.0 Å². The third-order valence-corrected chi connectivity index (χ3v) is 6.72. The smallest absolute Gasteiger partial charge is 0.414 e. The third-order valence-electron chi connectivity index (χ3n) is 6.72. The number of benzene rings is 2. The van der Waals surface area contributed by atoms with Crippen molar-refractivity contribution in [1.82, 2.24) is 9.47 Å². The maximum absolute atomic E-state index is 12.4. The van der Waals surface area contributed by atoms with E-state index < -0.39 is 11.9 Å². The van der Waals surface area contributed by atoms with Crippen LogP contribution in [0.4, 0.5) is 0 Å². The predicted molar refractivity (Wildman–Crippen MR) is 133 cm³/mol. The van der Waals surface area contributed by atoms with Crippen LogP contribution in [0.25, 0.3) is 0 Å². The lowest BCUT2D eigenvalue weighted by atomic mass is 9.89. The number of aromatic nitrogens is 1. The molecule has 1 atom stereocenters. The molecule has 1 aromatic heterocycles. The number of carboxylic acid groups (broad SMARTS) is 2. The van der Waals surface area contributed by atoms with Crippen molar-refractivity contribution in [1.29, 1.82) is 0 Å². The number of carboxylic acids is 2. The molecule has 5 rings (SSSR count). The van der Waals surface area contributed by atoms with E-state index in [2.05, 4.69) is 52.1 Å². The molecule has 0 saturated carbocycles. The fourth-order valence-corrected chi connectivity index (χ4v) is 4.80. The molecule has 0 spiro atoms. The summed E-state index contributed by atoms with van der Waals surface area (Å²) in [6.45, 7) is 3.75. The van der Waals surface area contributed by atoms with Crippen LogP contribution >= 0.6 is 0 Å². The minimum Gasteiger partial charge on any atom is -0.484 e. The van der Waals surface area contributed by atoms with Crippen molar-refractivity contribution >= 4 is 17.7 Å². The quantitative estimate of drug-likeness (QED) is 0.409. The van der Waals surface area contributed by atoms with E-state index in [0.29, 0.717) is 12.3 Å². The van der Waals surface area contributed by atoms with Gasteiger partial charge in [-0.3, -0.25) is 4.79 Å². The lowest BCUT2D eigenvalue weighted by Gasteiger charge is -2.35. The number of Topliss-reactive ketones (excluding diaryl/α,β-unsaturated/α-hetero) is 1. The molecule has 0 amide bonds. The molecule has 1 fully saturated rings. The number of ether oxygens (including phenoxy) is 1. The number of carbonyl (C=O) groups is 3. The highest BCUT2D eigenvalue weighted by atomic mass is 16.5. The predicted octanol–water partition coefficient (Wildman–Crippen LogP) is 4.11. The maximum atomic E-state index is 12.4. The average molecular weight is 491 g/mol. The fourth-order valence-electron chi connectivity index (χ4n) is 4.80. The molecule has 8 nitrogen and oxygen atoms in total. The molecule has 188 valence electrons. The minimum absolute atomic E-state index is 0.0942. The molecule has 3 heterocycles. The number of nitrogens with zero attached hydrogens (tertiary/aromatic N) is 2. The second-order valence-electron chi connectivity index (χ2n) is 9.04. The monoisotopic (exact) mass is 490 g/mol. The van der Waals surface area contributed by atoms with Crippen LogP contribution in [-0.4, -0.2) is 57.0 Å². The van der Waals surface area contributed by atoms with Crippen molar-refractivity contribution in [2.45, 2.75) is 31.9 Å². The van der Waals surface area contributed by atoms with Gasteiger partial charge in [0.15, 0.2) is 5.78 Å². The number of hydrogen-bond acceptors (Lipinski definition) is 5. The average Bonchev–Trinajstić information content (AvgIpc) is 3.29. The van der Waals surface area contributed by atoms with Gasteiger partial charge in [0.05, 0.1) is 12.2 Å². The molecular weight excluding hydrogens is 460 g/mol. The Hall–Kier alpha value is -3.91. The van der Waals surface area contributed by atoms with Crippen LogP contribution in [0.2, 0.25) is 0 Å². The SMILES string of the molecule is O=C(CCN1CCC(C2Oc3ccccc3Cn3cccc32)CC1)c1ccccc1.O=C(O)C(=O)O. The molecule has 2 aromatic carbocycles. The molecule has 2 N–H and O–H groups in total. The van der Waals surface area contributed by atoms with E-state index in [1.54, 1.807) is 0 Å². The molecular formula is C28H30N2O6. The second kappa shape index (κ2) is 11.7. The number of hydrogen-bond donors (Lipinski definition) is 2. The van der Waals surface area contributed by atoms with Crippen LogP contribution in [0.3, 0.4) is 0 Å². The summed E-state index contributed by atoms with van der Waals surface area (Å²) in [5.41, 5.74) is 3.34. The highest BCUT2D eigenvalue weighted by molar-refractivity contribution is 6.27. The number of aliphatic carboxylic acids is 2. The van der Waals surface area contributed by atoms with Crippen molar-refractivity contribution < 1.29 is 29.3 Å². The highest BCUT2D eigenvalue weighted by Crippen LogP contribution is 2.39. The Balaban J connectivity index is 0.000000455. The van der Waals surface area contributed by atoms with E-state index in [1.165, 1.54) is 11.3 Å². The summed E-state index contributed by atoms with van der Waals surface area (Å²) < 4.78 is 8.91. The van der Waals surface area contributed by atoms with E-state index in [1.807, 2.05) is 30.3 Å². The Morgan fingerprint density at radius 1 is 0.861 bits per heavy atom. The van der Waals surface area contributed by atoms with Crippen LogP contribution < -0.4 is 4.74 Å². The standard InChI is InChI=1S/C26H28N2O2.C2H2O4/c29-24(20-7-2-1-3-8-20)14-18-27-16-12-21(13-17-27)26-23-10-6-15-28(23)19-22-9-4-5-11-25(22)30-26;3-1(4)2(5)6/h1-11,15,21,26H,12-14,16-19H2;(H,3,4)(H,5,6). The zero-order chi connectivity index (χ0) is 25.5. The summed E-state index contributed by atoms with van der Waals surface area (Å²) >= 11 is 0. The molecule has 1 saturated heterocycles. The van der Waals surface area contributed by atoms with Gasteiger partial charge in [-0.1, -0.05) is 48.5 Å². The fraction of sp³-hybridized carbons (Fsp3) is 0.321.